The van der Waals surface area contributed by atoms with Crippen molar-refractivity contribution in [3.05, 3.63) is 119 Å². The van der Waals surface area contributed by atoms with Gasteiger partial charge in [-0.15, -0.1) is 0 Å². The van der Waals surface area contributed by atoms with Gasteiger partial charge in [0, 0.05) is 30.1 Å². The van der Waals surface area contributed by atoms with Gasteiger partial charge in [-0.25, -0.2) is 4.98 Å². The average molecular weight is 747 g/mol. The van der Waals surface area contributed by atoms with Crippen molar-refractivity contribution >= 4 is 76.5 Å². The molecule has 0 saturated carbocycles. The van der Waals surface area contributed by atoms with Crippen LogP contribution < -0.4 is 15.0 Å². The molecule has 0 saturated heterocycles. The Morgan fingerprint density at radius 2 is 1.73 bits per heavy atom. The number of aromatic nitrogens is 2. The van der Waals surface area contributed by atoms with E-state index in [2.05, 4.69) is 52.9 Å². The molecule has 0 bridgehead atoms. The highest BCUT2D eigenvalue weighted by atomic mass is 79.9. The highest BCUT2D eigenvalue weighted by Gasteiger charge is 2.19. The minimum absolute atomic E-state index is 0.270. The summed E-state index contributed by atoms with van der Waals surface area (Å²) in [5.41, 5.74) is 2.62. The van der Waals surface area contributed by atoms with E-state index in [-0.39, 0.29) is 12.2 Å². The van der Waals surface area contributed by atoms with Crippen LogP contribution in [0.15, 0.2) is 102 Å². The number of hydrogen-bond donors (Lipinski definition) is 0. The van der Waals surface area contributed by atoms with Crippen molar-refractivity contribution in [2.75, 3.05) is 6.61 Å². The van der Waals surface area contributed by atoms with E-state index < -0.39 is 0 Å². The minimum atomic E-state index is -0.284. The Bertz CT molecular complexity index is 1790. The Hall–Kier alpha value is -2.98. The highest BCUT2D eigenvalue weighted by Crippen LogP contribution is 2.43. The molecule has 0 aliphatic rings. The zero-order valence-corrected chi connectivity index (χ0v) is 26.6. The summed E-state index contributed by atoms with van der Waals surface area (Å²) in [5.74, 6) is 1.28. The number of ether oxygens (including phenoxy) is 2. The summed E-state index contributed by atoms with van der Waals surface area (Å²) in [4.78, 5) is 18.3. The molecule has 0 fully saturated rings. The lowest BCUT2D eigenvalue weighted by atomic mass is 10.2. The summed E-state index contributed by atoms with van der Waals surface area (Å²) in [6.45, 7) is 2.55. The molecule has 10 heteroatoms. The molecule has 5 aromatic rings. The molecule has 4 aromatic carbocycles. The SMILES string of the molecule is CCOc1cc(C=Nn2c(-c3ccccc3)nc3ccccc3c2=O)c(Br)c(Cl)c1OCc1ccc(Br)cc1Br. The van der Waals surface area contributed by atoms with Crippen LogP contribution in [0.1, 0.15) is 18.1 Å². The smallest absolute Gasteiger partial charge is 0.282 e. The van der Waals surface area contributed by atoms with E-state index in [1.807, 2.05) is 67.6 Å². The lowest BCUT2D eigenvalue weighted by molar-refractivity contribution is 0.269. The molecule has 202 valence electrons. The van der Waals surface area contributed by atoms with E-state index in [4.69, 9.17) is 26.1 Å². The average Bonchev–Trinajstić information content (AvgIpc) is 2.96. The monoisotopic (exact) mass is 743 g/mol. The van der Waals surface area contributed by atoms with Crippen LogP contribution in [0.2, 0.25) is 5.02 Å². The number of benzene rings is 4. The summed E-state index contributed by atoms with van der Waals surface area (Å²) in [6, 6.07) is 24.3. The molecule has 6 nitrogen and oxygen atoms in total. The molecule has 1 aromatic heterocycles. The van der Waals surface area contributed by atoms with E-state index in [0.717, 1.165) is 20.1 Å². The van der Waals surface area contributed by atoms with Crippen molar-refractivity contribution in [2.45, 2.75) is 13.5 Å². The molecule has 0 aliphatic heterocycles. The number of halogens is 4. The molecule has 40 heavy (non-hydrogen) atoms. The van der Waals surface area contributed by atoms with E-state index >= 15 is 0 Å². The van der Waals surface area contributed by atoms with Gasteiger partial charge in [0.15, 0.2) is 17.3 Å². The van der Waals surface area contributed by atoms with E-state index in [9.17, 15) is 4.79 Å². The zero-order valence-electron chi connectivity index (χ0n) is 21.1. The summed E-state index contributed by atoms with van der Waals surface area (Å²) in [5, 5.41) is 5.36. The quantitative estimate of drug-likeness (QED) is 0.149. The fourth-order valence-corrected chi connectivity index (χ4v) is 5.82. The van der Waals surface area contributed by atoms with Crippen LogP contribution >= 0.6 is 59.4 Å². The van der Waals surface area contributed by atoms with Gasteiger partial charge in [-0.3, -0.25) is 4.79 Å². The first kappa shape index (κ1) is 28.5. The Morgan fingerprint density at radius 1 is 0.975 bits per heavy atom. The van der Waals surface area contributed by atoms with E-state index in [1.165, 1.54) is 4.68 Å². The number of rotatable bonds is 8. The minimum Gasteiger partial charge on any atom is -0.490 e. The van der Waals surface area contributed by atoms with Crippen molar-refractivity contribution in [2.24, 2.45) is 5.10 Å². The molecule has 0 aliphatic carbocycles. The first-order valence-electron chi connectivity index (χ1n) is 12.2. The molecule has 0 spiro atoms. The third-order valence-corrected chi connectivity index (χ3v) is 8.62. The number of nitrogens with zero attached hydrogens (tertiary/aromatic N) is 3. The summed E-state index contributed by atoms with van der Waals surface area (Å²) in [7, 11) is 0. The van der Waals surface area contributed by atoms with Gasteiger partial charge in [0.25, 0.3) is 5.56 Å². The maximum atomic E-state index is 13.5. The van der Waals surface area contributed by atoms with Crippen LogP contribution in [0.25, 0.3) is 22.3 Å². The van der Waals surface area contributed by atoms with Crippen molar-refractivity contribution in [3.8, 4) is 22.9 Å². The first-order chi connectivity index (χ1) is 19.4. The predicted molar refractivity (Wildman–Crippen MR) is 171 cm³/mol. The van der Waals surface area contributed by atoms with Crippen LogP contribution in [-0.4, -0.2) is 22.5 Å². The molecule has 0 amide bonds. The van der Waals surface area contributed by atoms with Gasteiger partial charge in [0.05, 0.1) is 23.7 Å². The van der Waals surface area contributed by atoms with Gasteiger partial charge in [0.2, 0.25) is 0 Å². The van der Waals surface area contributed by atoms with Crippen LogP contribution in [0, 0.1) is 0 Å². The Kier molecular flexibility index (Phi) is 9.05. The van der Waals surface area contributed by atoms with Crippen molar-refractivity contribution < 1.29 is 9.47 Å². The van der Waals surface area contributed by atoms with E-state index in [0.29, 0.717) is 49.9 Å². The zero-order chi connectivity index (χ0) is 28.2. The molecule has 0 atom stereocenters. The van der Waals surface area contributed by atoms with Gasteiger partial charge in [0.1, 0.15) is 11.6 Å². The third-order valence-electron chi connectivity index (χ3n) is 5.94. The number of hydrogen-bond acceptors (Lipinski definition) is 5. The fourth-order valence-electron chi connectivity index (χ4n) is 4.01. The summed E-state index contributed by atoms with van der Waals surface area (Å²) < 4.78 is 15.7. The van der Waals surface area contributed by atoms with Gasteiger partial charge in [-0.1, -0.05) is 92.0 Å². The van der Waals surface area contributed by atoms with Crippen LogP contribution in [0.3, 0.4) is 0 Å². The lowest BCUT2D eigenvalue weighted by Crippen LogP contribution is -2.20. The second-order valence-corrected chi connectivity index (χ2v) is 11.5. The summed E-state index contributed by atoms with van der Waals surface area (Å²) in [6.07, 6.45) is 1.55. The Labute approximate surface area is 261 Å². The van der Waals surface area contributed by atoms with Crippen LogP contribution in [-0.2, 0) is 6.61 Å². The number of fused-ring (bicyclic) bond motifs is 1. The van der Waals surface area contributed by atoms with Crippen LogP contribution in [0.5, 0.6) is 11.5 Å². The molecule has 0 unspecified atom stereocenters. The fraction of sp³-hybridized carbons (Fsp3) is 0.100. The first-order valence-corrected chi connectivity index (χ1v) is 15.0. The van der Waals surface area contributed by atoms with Crippen LogP contribution in [0.4, 0.5) is 0 Å². The van der Waals surface area contributed by atoms with Gasteiger partial charge < -0.3 is 9.47 Å². The highest BCUT2D eigenvalue weighted by molar-refractivity contribution is 9.11. The maximum Gasteiger partial charge on any atom is 0.282 e. The van der Waals surface area contributed by atoms with E-state index in [1.54, 1.807) is 24.4 Å². The van der Waals surface area contributed by atoms with Crippen molar-refractivity contribution in [3.63, 3.8) is 0 Å². The normalized spacial score (nSPS) is 11.3. The van der Waals surface area contributed by atoms with Crippen molar-refractivity contribution in [1.29, 1.82) is 0 Å². The van der Waals surface area contributed by atoms with Gasteiger partial charge in [-0.2, -0.15) is 9.78 Å². The third kappa shape index (κ3) is 6.02. The summed E-state index contributed by atoms with van der Waals surface area (Å²) >= 11 is 17.4. The molecule has 0 N–H and O–H groups in total. The molecule has 5 rings (SSSR count). The molecule has 1 heterocycles. The van der Waals surface area contributed by atoms with Gasteiger partial charge >= 0.3 is 0 Å². The molecular formula is C30H21Br3ClN3O3. The maximum absolute atomic E-state index is 13.5. The van der Waals surface area contributed by atoms with Crippen molar-refractivity contribution in [1.82, 2.24) is 9.66 Å². The standard InChI is InChI=1S/C30H21Br3ClN3O3/c1-2-39-25-14-20(26(33)27(34)28(25)40-17-19-12-13-21(31)15-23(19)32)16-35-37-29(18-8-4-3-5-9-18)36-24-11-7-6-10-22(24)30(37)38/h3-16H,2,17H2,1H3. The second kappa shape index (κ2) is 12.7. The molecular weight excluding hydrogens is 726 g/mol. The van der Waals surface area contributed by atoms with Gasteiger partial charge in [-0.05, 0) is 53.2 Å². The largest absolute Gasteiger partial charge is 0.490 e. The predicted octanol–water partition coefficient (Wildman–Crippen LogP) is 8.86. The Morgan fingerprint density at radius 3 is 2.48 bits per heavy atom. The lowest BCUT2D eigenvalue weighted by Gasteiger charge is -2.17. The second-order valence-electron chi connectivity index (χ2n) is 8.56. The topological polar surface area (TPSA) is 65.7 Å². The molecule has 0 radical (unpaired) electrons. The Balaban J connectivity index is 1.56. The number of para-hydroxylation sites is 1.